The average molecular weight is 398 g/mol. The Morgan fingerprint density at radius 1 is 1.27 bits per heavy atom. The lowest BCUT2D eigenvalue weighted by molar-refractivity contribution is 0.525. The number of rotatable bonds is 5. The first kappa shape index (κ1) is 18.9. The van der Waals surface area contributed by atoms with Gasteiger partial charge in [-0.2, -0.15) is 0 Å². The van der Waals surface area contributed by atoms with Crippen LogP contribution in [0.4, 0.5) is 4.39 Å². The highest BCUT2D eigenvalue weighted by Gasteiger charge is 2.45. The lowest BCUT2D eigenvalue weighted by Gasteiger charge is -2.20. The summed E-state index contributed by atoms with van der Waals surface area (Å²) in [6.07, 6.45) is 3.25. The summed E-state index contributed by atoms with van der Waals surface area (Å²) < 4.78 is 63.6. The fraction of sp³-hybridized carbons (Fsp3) is 0.353. The quantitative estimate of drug-likeness (QED) is 0.762. The number of sulfone groups is 2. The van der Waals surface area contributed by atoms with Crippen LogP contribution in [0.1, 0.15) is 11.1 Å². The van der Waals surface area contributed by atoms with Crippen molar-refractivity contribution in [1.82, 2.24) is 10.3 Å². The predicted molar refractivity (Wildman–Crippen MR) is 95.6 cm³/mol. The van der Waals surface area contributed by atoms with Crippen molar-refractivity contribution < 1.29 is 21.2 Å². The third kappa shape index (κ3) is 3.94. The Morgan fingerprint density at radius 3 is 2.69 bits per heavy atom. The summed E-state index contributed by atoms with van der Waals surface area (Å²) in [5.41, 5.74) is 1.03. The van der Waals surface area contributed by atoms with Gasteiger partial charge in [0.15, 0.2) is 19.7 Å². The standard InChI is InChI=1S/C17H19FN2O4S2/c1-12-7-14(4-5-15(12)18)26(23,24)17-11-25(21,22)10-16(17)20-9-13-3-2-6-19-8-13/h2-8,16-17,20H,9-11H2,1H3/t16-,17-/m0/s1. The van der Waals surface area contributed by atoms with Crippen molar-refractivity contribution in [2.24, 2.45) is 0 Å². The molecule has 0 amide bonds. The van der Waals surface area contributed by atoms with Crippen molar-refractivity contribution in [2.75, 3.05) is 11.5 Å². The Morgan fingerprint density at radius 2 is 2.04 bits per heavy atom. The van der Waals surface area contributed by atoms with Gasteiger partial charge in [0.1, 0.15) is 5.82 Å². The summed E-state index contributed by atoms with van der Waals surface area (Å²) in [5.74, 6) is -1.21. The van der Waals surface area contributed by atoms with Gasteiger partial charge in [-0.3, -0.25) is 4.98 Å². The number of hydrogen-bond donors (Lipinski definition) is 1. The van der Waals surface area contributed by atoms with Crippen molar-refractivity contribution in [3.05, 3.63) is 59.7 Å². The largest absolute Gasteiger partial charge is 0.308 e. The van der Waals surface area contributed by atoms with Crippen LogP contribution in [-0.2, 0) is 26.2 Å². The zero-order valence-electron chi connectivity index (χ0n) is 14.1. The maximum absolute atomic E-state index is 13.5. The van der Waals surface area contributed by atoms with E-state index in [0.29, 0.717) is 6.54 Å². The van der Waals surface area contributed by atoms with Crippen LogP contribution in [-0.4, -0.2) is 44.6 Å². The number of nitrogens with zero attached hydrogens (tertiary/aromatic N) is 1. The minimum atomic E-state index is -3.93. The molecule has 0 radical (unpaired) electrons. The highest BCUT2D eigenvalue weighted by Crippen LogP contribution is 2.27. The van der Waals surface area contributed by atoms with E-state index in [2.05, 4.69) is 10.3 Å². The molecule has 2 aromatic rings. The van der Waals surface area contributed by atoms with Gasteiger partial charge in [0.05, 0.1) is 21.7 Å². The molecule has 1 aromatic carbocycles. The zero-order chi connectivity index (χ0) is 18.9. The van der Waals surface area contributed by atoms with E-state index in [-0.39, 0.29) is 16.2 Å². The van der Waals surface area contributed by atoms with Gasteiger partial charge in [-0.15, -0.1) is 0 Å². The number of hydrogen-bond acceptors (Lipinski definition) is 6. The van der Waals surface area contributed by atoms with Crippen LogP contribution < -0.4 is 5.32 Å². The van der Waals surface area contributed by atoms with Gasteiger partial charge in [-0.25, -0.2) is 21.2 Å². The zero-order valence-corrected chi connectivity index (χ0v) is 15.7. The summed E-state index contributed by atoms with van der Waals surface area (Å²) in [4.78, 5) is 3.92. The smallest absolute Gasteiger partial charge is 0.183 e. The Labute approximate surface area is 152 Å². The van der Waals surface area contributed by atoms with Crippen molar-refractivity contribution >= 4 is 19.7 Å². The van der Waals surface area contributed by atoms with Crippen LogP contribution in [0.2, 0.25) is 0 Å². The molecule has 26 heavy (non-hydrogen) atoms. The number of benzene rings is 1. The molecule has 0 saturated carbocycles. The monoisotopic (exact) mass is 398 g/mol. The van der Waals surface area contributed by atoms with Crippen molar-refractivity contribution in [3.8, 4) is 0 Å². The van der Waals surface area contributed by atoms with Crippen LogP contribution in [0.25, 0.3) is 0 Å². The average Bonchev–Trinajstić information content (AvgIpc) is 2.92. The molecule has 2 atom stereocenters. The molecule has 0 aliphatic carbocycles. The number of aryl methyl sites for hydroxylation is 1. The summed E-state index contributed by atoms with van der Waals surface area (Å²) in [7, 11) is -7.42. The first-order valence-electron chi connectivity index (χ1n) is 8.02. The second-order valence-corrected chi connectivity index (χ2v) is 10.7. The molecule has 0 unspecified atom stereocenters. The van der Waals surface area contributed by atoms with Gasteiger partial charge in [0.2, 0.25) is 0 Å². The van der Waals surface area contributed by atoms with E-state index in [1.165, 1.54) is 19.1 Å². The molecule has 0 spiro atoms. The summed E-state index contributed by atoms with van der Waals surface area (Å²) >= 11 is 0. The molecule has 140 valence electrons. The van der Waals surface area contributed by atoms with E-state index in [4.69, 9.17) is 0 Å². The number of aromatic nitrogens is 1. The fourth-order valence-electron chi connectivity index (χ4n) is 3.03. The SMILES string of the molecule is Cc1cc(S(=O)(=O)[C@H]2CS(=O)(=O)C[C@@H]2NCc2cccnc2)ccc1F. The minimum Gasteiger partial charge on any atom is -0.308 e. The van der Waals surface area contributed by atoms with Gasteiger partial charge in [0.25, 0.3) is 0 Å². The molecular weight excluding hydrogens is 379 g/mol. The molecule has 9 heteroatoms. The molecule has 1 saturated heterocycles. The van der Waals surface area contributed by atoms with Crippen molar-refractivity contribution in [3.63, 3.8) is 0 Å². The normalized spacial score (nSPS) is 22.4. The molecule has 1 aliphatic rings. The van der Waals surface area contributed by atoms with Crippen LogP contribution in [0, 0.1) is 12.7 Å². The lowest BCUT2D eigenvalue weighted by atomic mass is 10.2. The van der Waals surface area contributed by atoms with Crippen molar-refractivity contribution in [1.29, 1.82) is 0 Å². The first-order chi connectivity index (χ1) is 12.2. The molecule has 1 fully saturated rings. The molecule has 1 N–H and O–H groups in total. The van der Waals surface area contributed by atoms with E-state index < -0.39 is 42.5 Å². The highest BCUT2D eigenvalue weighted by atomic mass is 32.2. The second kappa shape index (κ2) is 7.05. The van der Waals surface area contributed by atoms with Crippen LogP contribution in [0.5, 0.6) is 0 Å². The first-order valence-corrected chi connectivity index (χ1v) is 11.4. The number of halogens is 1. The number of nitrogens with one attached hydrogen (secondary N) is 1. The summed E-state index contributed by atoms with van der Waals surface area (Å²) in [5, 5.41) is 1.92. The van der Waals surface area contributed by atoms with Gasteiger partial charge in [-0.1, -0.05) is 6.07 Å². The Kier molecular flexibility index (Phi) is 5.14. The highest BCUT2D eigenvalue weighted by molar-refractivity contribution is 7.96. The van der Waals surface area contributed by atoms with Gasteiger partial charge >= 0.3 is 0 Å². The molecule has 1 aromatic heterocycles. The summed E-state index contributed by atoms with van der Waals surface area (Å²) in [6.45, 7) is 1.78. The summed E-state index contributed by atoms with van der Waals surface area (Å²) in [6, 6.07) is 6.34. The Balaban J connectivity index is 1.88. The molecule has 6 nitrogen and oxygen atoms in total. The third-order valence-corrected chi connectivity index (χ3v) is 8.60. The Hall–Kier alpha value is -1.84. The topological polar surface area (TPSA) is 93.2 Å². The van der Waals surface area contributed by atoms with Crippen LogP contribution in [0.3, 0.4) is 0 Å². The predicted octanol–water partition coefficient (Wildman–Crippen LogP) is 1.26. The maximum atomic E-state index is 13.5. The molecule has 3 rings (SSSR count). The van der Waals surface area contributed by atoms with E-state index >= 15 is 0 Å². The van der Waals surface area contributed by atoms with E-state index in [0.717, 1.165) is 11.6 Å². The van der Waals surface area contributed by atoms with Crippen LogP contribution in [0.15, 0.2) is 47.6 Å². The van der Waals surface area contributed by atoms with E-state index in [9.17, 15) is 21.2 Å². The molecule has 0 bridgehead atoms. The van der Waals surface area contributed by atoms with Gasteiger partial charge in [-0.05, 0) is 42.3 Å². The maximum Gasteiger partial charge on any atom is 0.183 e. The molecule has 2 heterocycles. The van der Waals surface area contributed by atoms with E-state index in [1.807, 2.05) is 6.07 Å². The van der Waals surface area contributed by atoms with Gasteiger partial charge < -0.3 is 5.32 Å². The Bertz CT molecular complexity index is 1010. The van der Waals surface area contributed by atoms with Crippen LogP contribution >= 0.6 is 0 Å². The lowest BCUT2D eigenvalue weighted by Crippen LogP contribution is -2.43. The van der Waals surface area contributed by atoms with Crippen molar-refractivity contribution in [2.45, 2.75) is 29.7 Å². The third-order valence-electron chi connectivity index (χ3n) is 4.45. The fourth-order valence-corrected chi connectivity index (χ4v) is 7.83. The second-order valence-electron chi connectivity index (χ2n) is 6.42. The molecule has 1 aliphatic heterocycles. The van der Waals surface area contributed by atoms with E-state index in [1.54, 1.807) is 18.5 Å². The molecular formula is C17H19FN2O4S2. The number of pyridine rings is 1. The minimum absolute atomic E-state index is 0.0633. The van der Waals surface area contributed by atoms with Gasteiger partial charge in [0, 0.05) is 25.0 Å².